The molecular formula is C16H25F3IN3. The molecule has 0 radical (unpaired) electrons. The van der Waals surface area contributed by atoms with E-state index in [1.54, 1.807) is 6.07 Å². The minimum atomic E-state index is -4.29. The third kappa shape index (κ3) is 6.97. The van der Waals surface area contributed by atoms with Crippen molar-refractivity contribution in [2.45, 2.75) is 25.4 Å². The van der Waals surface area contributed by atoms with Gasteiger partial charge in [0.05, 0.1) is 5.56 Å². The number of alkyl halides is 3. The van der Waals surface area contributed by atoms with Gasteiger partial charge in [-0.2, -0.15) is 13.2 Å². The summed E-state index contributed by atoms with van der Waals surface area (Å²) in [5, 5.41) is 0. The molecule has 3 nitrogen and oxygen atoms in total. The molecule has 0 aliphatic rings. The van der Waals surface area contributed by atoms with Crippen LogP contribution in [0.2, 0.25) is 0 Å². The van der Waals surface area contributed by atoms with E-state index in [1.807, 2.05) is 44.9 Å². The van der Waals surface area contributed by atoms with E-state index in [4.69, 9.17) is 0 Å². The molecule has 1 aromatic carbocycles. The fraction of sp³-hybridized carbons (Fsp3) is 0.562. The standard InChI is InChI=1S/C16H24F3N3.HI/c1-12(9-10-20-15(21(2)3)22(4)5)13-7-6-8-14(11-13)16(17,18)19;/h6-8,11-12H,9-10H2,1-5H3;1H. The lowest BCUT2D eigenvalue weighted by Gasteiger charge is -2.23. The molecule has 1 unspecified atom stereocenters. The second-order valence-electron chi connectivity index (χ2n) is 5.78. The van der Waals surface area contributed by atoms with Crippen molar-refractivity contribution in [3.8, 4) is 0 Å². The summed E-state index contributed by atoms with van der Waals surface area (Å²) in [5.41, 5.74) is 0.101. The molecule has 0 fully saturated rings. The maximum atomic E-state index is 12.7. The van der Waals surface area contributed by atoms with E-state index in [9.17, 15) is 13.2 Å². The molecule has 0 amide bonds. The summed E-state index contributed by atoms with van der Waals surface area (Å²) >= 11 is 0. The number of halogens is 4. The second kappa shape index (κ2) is 9.34. The number of guanidine groups is 1. The monoisotopic (exact) mass is 443 g/mol. The average molecular weight is 443 g/mol. The van der Waals surface area contributed by atoms with Gasteiger partial charge in [0.1, 0.15) is 0 Å². The molecule has 1 atom stereocenters. The van der Waals surface area contributed by atoms with Crippen LogP contribution in [0.5, 0.6) is 0 Å². The van der Waals surface area contributed by atoms with Crippen molar-refractivity contribution in [1.82, 2.24) is 9.80 Å². The van der Waals surface area contributed by atoms with Crippen LogP contribution in [0.3, 0.4) is 0 Å². The zero-order valence-electron chi connectivity index (χ0n) is 14.2. The van der Waals surface area contributed by atoms with Crippen LogP contribution < -0.4 is 0 Å². The first-order chi connectivity index (χ1) is 10.1. The lowest BCUT2D eigenvalue weighted by molar-refractivity contribution is -0.137. The number of hydrogen-bond acceptors (Lipinski definition) is 1. The number of rotatable bonds is 4. The summed E-state index contributed by atoms with van der Waals surface area (Å²) in [6.07, 6.45) is -3.59. The van der Waals surface area contributed by atoms with Gasteiger partial charge in [0.15, 0.2) is 5.96 Å². The van der Waals surface area contributed by atoms with Crippen LogP contribution in [0.4, 0.5) is 13.2 Å². The number of hydrogen-bond donors (Lipinski definition) is 0. The Kier molecular flexibility index (Phi) is 8.94. The Bertz CT molecular complexity index is 504. The number of nitrogens with zero attached hydrogens (tertiary/aromatic N) is 3. The van der Waals surface area contributed by atoms with Crippen LogP contribution in [0.1, 0.15) is 30.4 Å². The van der Waals surface area contributed by atoms with Crippen LogP contribution in [-0.2, 0) is 6.18 Å². The Balaban J connectivity index is 0.00000484. The summed E-state index contributed by atoms with van der Waals surface area (Å²) in [6, 6.07) is 5.53. The van der Waals surface area contributed by atoms with E-state index in [-0.39, 0.29) is 29.9 Å². The third-order valence-electron chi connectivity index (χ3n) is 3.40. The third-order valence-corrected chi connectivity index (χ3v) is 3.40. The van der Waals surface area contributed by atoms with Crippen LogP contribution in [0, 0.1) is 0 Å². The molecule has 0 aliphatic heterocycles. The van der Waals surface area contributed by atoms with Crippen molar-refractivity contribution >= 4 is 29.9 Å². The molecule has 132 valence electrons. The molecule has 0 heterocycles. The molecule has 0 aromatic heterocycles. The first-order valence-electron chi connectivity index (χ1n) is 7.19. The van der Waals surface area contributed by atoms with Crippen LogP contribution in [0.25, 0.3) is 0 Å². The maximum absolute atomic E-state index is 12.7. The Morgan fingerprint density at radius 3 is 2.17 bits per heavy atom. The SMILES string of the molecule is CC(CCN=C(N(C)C)N(C)C)c1cccc(C(F)(F)F)c1.I. The van der Waals surface area contributed by atoms with Gasteiger partial charge in [0.25, 0.3) is 0 Å². The topological polar surface area (TPSA) is 18.8 Å². The van der Waals surface area contributed by atoms with E-state index in [0.717, 1.165) is 12.0 Å². The lowest BCUT2D eigenvalue weighted by Crippen LogP contribution is -2.35. The molecule has 0 saturated heterocycles. The summed E-state index contributed by atoms with van der Waals surface area (Å²) in [5.74, 6) is 0.868. The van der Waals surface area contributed by atoms with Crippen LogP contribution >= 0.6 is 24.0 Å². The van der Waals surface area contributed by atoms with Gasteiger partial charge in [-0.15, -0.1) is 24.0 Å². The molecule has 0 N–H and O–H groups in total. The van der Waals surface area contributed by atoms with E-state index >= 15 is 0 Å². The molecule has 0 aliphatic carbocycles. The van der Waals surface area contributed by atoms with Crippen molar-refractivity contribution in [3.63, 3.8) is 0 Å². The average Bonchev–Trinajstić information content (AvgIpc) is 2.41. The van der Waals surface area contributed by atoms with Gasteiger partial charge in [-0.25, -0.2) is 0 Å². The number of aliphatic imine (C=N–C) groups is 1. The smallest absolute Gasteiger partial charge is 0.349 e. The normalized spacial score (nSPS) is 12.2. The molecule has 1 aromatic rings. The minimum absolute atomic E-state index is 0. The Morgan fingerprint density at radius 1 is 1.13 bits per heavy atom. The largest absolute Gasteiger partial charge is 0.416 e. The van der Waals surface area contributed by atoms with Crippen molar-refractivity contribution < 1.29 is 13.2 Å². The first-order valence-corrected chi connectivity index (χ1v) is 7.19. The molecule has 23 heavy (non-hydrogen) atoms. The molecule has 7 heteroatoms. The molecular weight excluding hydrogens is 418 g/mol. The quantitative estimate of drug-likeness (QED) is 0.393. The molecule has 0 spiro atoms. The summed E-state index contributed by atoms with van der Waals surface area (Å²) in [7, 11) is 7.65. The fourth-order valence-electron chi connectivity index (χ4n) is 2.23. The predicted molar refractivity (Wildman–Crippen MR) is 99.6 cm³/mol. The maximum Gasteiger partial charge on any atom is 0.416 e. The highest BCUT2D eigenvalue weighted by molar-refractivity contribution is 14.0. The van der Waals surface area contributed by atoms with E-state index in [0.29, 0.717) is 18.5 Å². The summed E-state index contributed by atoms with van der Waals surface area (Å²) < 4.78 is 38.2. The van der Waals surface area contributed by atoms with Gasteiger partial charge in [-0.3, -0.25) is 4.99 Å². The van der Waals surface area contributed by atoms with Crippen molar-refractivity contribution in [2.24, 2.45) is 4.99 Å². The van der Waals surface area contributed by atoms with Crippen LogP contribution in [0.15, 0.2) is 29.3 Å². The number of benzene rings is 1. The van der Waals surface area contributed by atoms with Crippen molar-refractivity contribution in [2.75, 3.05) is 34.7 Å². The predicted octanol–water partition coefficient (Wildman–Crippen LogP) is 4.30. The highest BCUT2D eigenvalue weighted by Gasteiger charge is 2.30. The highest BCUT2D eigenvalue weighted by atomic mass is 127. The zero-order chi connectivity index (χ0) is 16.9. The van der Waals surface area contributed by atoms with Gasteiger partial charge in [0, 0.05) is 34.7 Å². The molecule has 0 saturated carbocycles. The van der Waals surface area contributed by atoms with Crippen molar-refractivity contribution in [3.05, 3.63) is 35.4 Å². The first kappa shape index (κ1) is 22.0. The highest BCUT2D eigenvalue weighted by Crippen LogP contribution is 2.31. The zero-order valence-corrected chi connectivity index (χ0v) is 16.5. The molecule has 0 bridgehead atoms. The Labute approximate surface area is 153 Å². The Morgan fingerprint density at radius 2 is 1.70 bits per heavy atom. The van der Waals surface area contributed by atoms with E-state index < -0.39 is 11.7 Å². The van der Waals surface area contributed by atoms with Gasteiger partial charge in [-0.05, 0) is 24.0 Å². The van der Waals surface area contributed by atoms with Gasteiger partial charge in [-0.1, -0.05) is 25.1 Å². The summed E-state index contributed by atoms with van der Waals surface area (Å²) in [6.45, 7) is 2.50. The Hall–Kier alpha value is -0.990. The fourth-order valence-corrected chi connectivity index (χ4v) is 2.23. The van der Waals surface area contributed by atoms with Gasteiger partial charge >= 0.3 is 6.18 Å². The minimum Gasteiger partial charge on any atom is -0.349 e. The van der Waals surface area contributed by atoms with Gasteiger partial charge < -0.3 is 9.80 Å². The van der Waals surface area contributed by atoms with Crippen LogP contribution in [-0.4, -0.2) is 50.5 Å². The summed E-state index contributed by atoms with van der Waals surface area (Å²) in [4.78, 5) is 8.33. The van der Waals surface area contributed by atoms with E-state index in [2.05, 4.69) is 4.99 Å². The lowest BCUT2D eigenvalue weighted by atomic mass is 9.96. The second-order valence-corrected chi connectivity index (χ2v) is 5.78. The van der Waals surface area contributed by atoms with E-state index in [1.165, 1.54) is 12.1 Å². The van der Waals surface area contributed by atoms with Crippen molar-refractivity contribution in [1.29, 1.82) is 0 Å². The molecule has 1 rings (SSSR count). The van der Waals surface area contributed by atoms with Gasteiger partial charge in [0.2, 0.25) is 0 Å².